The summed E-state index contributed by atoms with van der Waals surface area (Å²) in [6, 6.07) is 0. The largest absolute Gasteiger partial charge is 0.511 e. The Morgan fingerprint density at radius 1 is 1.25 bits per heavy atom. The summed E-state index contributed by atoms with van der Waals surface area (Å²) in [5, 5.41) is 0. The Labute approximate surface area is 116 Å². The van der Waals surface area contributed by atoms with Crippen molar-refractivity contribution >= 4 is 10.0 Å². The third-order valence-corrected chi connectivity index (χ3v) is 4.83. The summed E-state index contributed by atoms with van der Waals surface area (Å²) in [5.74, 6) is -0.875. The summed E-state index contributed by atoms with van der Waals surface area (Å²) in [6.45, 7) is 2.92. The first-order valence-electron chi connectivity index (χ1n) is 6.39. The van der Waals surface area contributed by atoms with Gasteiger partial charge in [0.15, 0.2) is 5.79 Å². The molecule has 2 fully saturated rings. The van der Waals surface area contributed by atoms with Crippen LogP contribution >= 0.6 is 0 Å². The fourth-order valence-electron chi connectivity index (χ4n) is 2.09. The fourth-order valence-corrected chi connectivity index (χ4v) is 3.15. The second kappa shape index (κ2) is 5.11. The second-order valence-electron chi connectivity index (χ2n) is 5.66. The Hall–Kier alpha value is -0.380. The van der Waals surface area contributed by atoms with Crippen molar-refractivity contribution in [2.45, 2.75) is 44.1 Å². The van der Waals surface area contributed by atoms with Gasteiger partial charge in [0.05, 0.1) is 12.7 Å². The Morgan fingerprint density at radius 3 is 2.25 bits per heavy atom. The van der Waals surface area contributed by atoms with E-state index in [9.17, 15) is 21.6 Å². The van der Waals surface area contributed by atoms with Gasteiger partial charge in [0.2, 0.25) is 0 Å². The van der Waals surface area contributed by atoms with Crippen molar-refractivity contribution in [2.24, 2.45) is 5.92 Å². The number of ether oxygens (including phenoxy) is 2. The Kier molecular flexibility index (Phi) is 4.09. The molecule has 1 aliphatic heterocycles. The minimum Gasteiger partial charge on any atom is -0.348 e. The van der Waals surface area contributed by atoms with Gasteiger partial charge in [-0.25, -0.2) is 8.42 Å². The van der Waals surface area contributed by atoms with E-state index >= 15 is 0 Å². The van der Waals surface area contributed by atoms with Gasteiger partial charge < -0.3 is 9.47 Å². The smallest absolute Gasteiger partial charge is 0.348 e. The molecule has 0 spiro atoms. The molecule has 1 aliphatic carbocycles. The lowest BCUT2D eigenvalue weighted by molar-refractivity contribution is -0.139. The third-order valence-electron chi connectivity index (χ3n) is 3.27. The first-order chi connectivity index (χ1) is 9.01. The van der Waals surface area contributed by atoms with Crippen molar-refractivity contribution in [3.8, 4) is 0 Å². The molecule has 20 heavy (non-hydrogen) atoms. The van der Waals surface area contributed by atoms with E-state index in [2.05, 4.69) is 0 Å². The van der Waals surface area contributed by atoms with E-state index in [1.165, 1.54) is 0 Å². The molecule has 0 aromatic carbocycles. The van der Waals surface area contributed by atoms with Crippen LogP contribution in [0.2, 0.25) is 0 Å². The topological polar surface area (TPSA) is 55.8 Å². The average Bonchev–Trinajstić information content (AvgIpc) is 3.01. The summed E-state index contributed by atoms with van der Waals surface area (Å²) in [7, 11) is -5.32. The highest BCUT2D eigenvalue weighted by Gasteiger charge is 2.51. The normalized spacial score (nSPS) is 27.2. The van der Waals surface area contributed by atoms with Gasteiger partial charge in [-0.2, -0.15) is 17.5 Å². The summed E-state index contributed by atoms with van der Waals surface area (Å²) >= 11 is 0. The van der Waals surface area contributed by atoms with E-state index in [1.807, 2.05) is 0 Å². The monoisotopic (exact) mass is 317 g/mol. The van der Waals surface area contributed by atoms with Gasteiger partial charge in [-0.15, -0.1) is 0 Å². The molecule has 2 aliphatic rings. The molecular formula is C11H18F3NO4S. The Morgan fingerprint density at radius 2 is 1.85 bits per heavy atom. The number of sulfonamides is 1. The van der Waals surface area contributed by atoms with E-state index in [0.717, 1.165) is 12.8 Å². The van der Waals surface area contributed by atoms with Gasteiger partial charge >= 0.3 is 15.5 Å². The Balaban J connectivity index is 2.08. The second-order valence-corrected chi connectivity index (χ2v) is 7.59. The number of halogens is 3. The van der Waals surface area contributed by atoms with E-state index in [-0.39, 0.29) is 25.6 Å². The molecule has 1 atom stereocenters. The van der Waals surface area contributed by atoms with Crippen molar-refractivity contribution in [1.82, 2.24) is 4.31 Å². The predicted octanol–water partition coefficient (Wildman–Crippen LogP) is 1.70. The molecule has 0 radical (unpaired) electrons. The lowest BCUT2D eigenvalue weighted by atomic mass is 10.3. The van der Waals surface area contributed by atoms with Gasteiger partial charge in [0.25, 0.3) is 0 Å². The van der Waals surface area contributed by atoms with Gasteiger partial charge in [0, 0.05) is 13.1 Å². The molecule has 9 heteroatoms. The lowest BCUT2D eigenvalue weighted by Crippen LogP contribution is -2.46. The standard InChI is InChI=1S/C11H18F3NO4S/c1-10(2)18-7-9(19-10)6-15(5-8-3-4-8)20(16,17)11(12,13)14/h8-9H,3-7H2,1-2H3/t9-/m0/s1. The molecule has 0 aromatic rings. The van der Waals surface area contributed by atoms with E-state index in [4.69, 9.17) is 9.47 Å². The molecular weight excluding hydrogens is 299 g/mol. The maximum absolute atomic E-state index is 12.7. The van der Waals surface area contributed by atoms with Crippen LogP contribution in [0.1, 0.15) is 26.7 Å². The fraction of sp³-hybridized carbons (Fsp3) is 1.00. The van der Waals surface area contributed by atoms with Crippen molar-refractivity contribution in [2.75, 3.05) is 19.7 Å². The van der Waals surface area contributed by atoms with E-state index < -0.39 is 27.4 Å². The first-order valence-corrected chi connectivity index (χ1v) is 7.83. The highest BCUT2D eigenvalue weighted by Crippen LogP contribution is 2.35. The zero-order chi connectivity index (χ0) is 15.2. The maximum Gasteiger partial charge on any atom is 0.511 e. The minimum atomic E-state index is -5.32. The zero-order valence-electron chi connectivity index (χ0n) is 11.3. The van der Waals surface area contributed by atoms with Crippen LogP contribution in [0, 0.1) is 5.92 Å². The minimum absolute atomic E-state index is 0.0162. The zero-order valence-corrected chi connectivity index (χ0v) is 12.1. The number of nitrogens with zero attached hydrogens (tertiary/aromatic N) is 1. The molecule has 1 saturated carbocycles. The first kappa shape index (κ1) is 16.0. The number of hydrogen-bond acceptors (Lipinski definition) is 4. The lowest BCUT2D eigenvalue weighted by Gasteiger charge is -2.26. The van der Waals surface area contributed by atoms with Crippen LogP contribution in [0.3, 0.4) is 0 Å². The van der Waals surface area contributed by atoms with E-state index in [1.54, 1.807) is 13.8 Å². The molecule has 5 nitrogen and oxygen atoms in total. The van der Waals surface area contributed by atoms with Crippen LogP contribution in [0.15, 0.2) is 0 Å². The molecule has 2 rings (SSSR count). The van der Waals surface area contributed by atoms with Gasteiger partial charge in [-0.3, -0.25) is 0 Å². The SMILES string of the molecule is CC1(C)OC[C@H](CN(CC2CC2)S(=O)(=O)C(F)(F)F)O1. The quantitative estimate of drug-likeness (QED) is 0.774. The van der Waals surface area contributed by atoms with Crippen LogP contribution in [0.4, 0.5) is 13.2 Å². The number of hydrogen-bond donors (Lipinski definition) is 0. The van der Waals surface area contributed by atoms with E-state index in [0.29, 0.717) is 4.31 Å². The summed E-state index contributed by atoms with van der Waals surface area (Å²) in [5.41, 5.74) is -5.28. The molecule has 118 valence electrons. The van der Waals surface area contributed by atoms with Crippen molar-refractivity contribution in [3.63, 3.8) is 0 Å². The Bertz CT molecular complexity index is 459. The van der Waals surface area contributed by atoms with Crippen LogP contribution in [-0.2, 0) is 19.5 Å². The van der Waals surface area contributed by atoms with Crippen LogP contribution in [0.25, 0.3) is 0 Å². The van der Waals surface area contributed by atoms with Crippen molar-refractivity contribution < 1.29 is 31.1 Å². The molecule has 0 N–H and O–H groups in total. The van der Waals surface area contributed by atoms with Gasteiger partial charge in [-0.05, 0) is 32.6 Å². The highest BCUT2D eigenvalue weighted by atomic mass is 32.2. The van der Waals surface area contributed by atoms with Crippen molar-refractivity contribution in [1.29, 1.82) is 0 Å². The highest BCUT2D eigenvalue weighted by molar-refractivity contribution is 7.90. The third kappa shape index (κ3) is 3.63. The molecule has 0 bridgehead atoms. The molecule has 0 aromatic heterocycles. The van der Waals surface area contributed by atoms with Crippen LogP contribution in [0.5, 0.6) is 0 Å². The summed E-state index contributed by atoms with van der Waals surface area (Å²) < 4.78 is 72.3. The summed E-state index contributed by atoms with van der Waals surface area (Å²) in [6.07, 6.45) is 0.843. The molecule has 0 amide bonds. The number of alkyl halides is 3. The molecule has 1 heterocycles. The summed E-state index contributed by atoms with van der Waals surface area (Å²) in [4.78, 5) is 0. The van der Waals surface area contributed by atoms with Crippen molar-refractivity contribution in [3.05, 3.63) is 0 Å². The van der Waals surface area contributed by atoms with Gasteiger partial charge in [-0.1, -0.05) is 0 Å². The number of rotatable bonds is 5. The predicted molar refractivity (Wildman–Crippen MR) is 64.2 cm³/mol. The maximum atomic E-state index is 12.7. The molecule has 1 saturated heterocycles. The molecule has 0 unspecified atom stereocenters. The van der Waals surface area contributed by atoms with Gasteiger partial charge in [0.1, 0.15) is 0 Å². The van der Waals surface area contributed by atoms with Crippen LogP contribution < -0.4 is 0 Å². The average molecular weight is 317 g/mol. The van der Waals surface area contributed by atoms with Crippen LogP contribution in [-0.4, -0.2) is 49.8 Å².